The van der Waals surface area contributed by atoms with Gasteiger partial charge in [-0.15, -0.1) is 11.5 Å². The molecule has 2 aromatic carbocycles. The Balaban J connectivity index is 0.00000867. The zero-order chi connectivity index (χ0) is 36.7. The summed E-state index contributed by atoms with van der Waals surface area (Å²) in [5.74, 6) is 2.11. The van der Waals surface area contributed by atoms with E-state index in [0.29, 0.717) is 25.9 Å². The van der Waals surface area contributed by atoms with Crippen LogP contribution in [0.2, 0.25) is 24.7 Å². The molecule has 0 amide bonds. The number of carbonyl (C=O) groups excluding carboxylic acids is 1. The summed E-state index contributed by atoms with van der Waals surface area (Å²) in [6.07, 6.45) is 3.36. The Hall–Kier alpha value is -2.06. The van der Waals surface area contributed by atoms with Gasteiger partial charge in [0.25, 0.3) is 8.32 Å². The van der Waals surface area contributed by atoms with Gasteiger partial charge in [-0.05, 0) is 67.8 Å². The summed E-state index contributed by atoms with van der Waals surface area (Å²) < 4.78 is 19.4. The third kappa shape index (κ3) is 11.5. The van der Waals surface area contributed by atoms with Crippen molar-refractivity contribution < 1.29 is 23.8 Å². The first kappa shape index (κ1) is 44.1. The Bertz CT molecular complexity index is 1340. The SMILES string of the molecule is C.CC(CCC[C@H](C)[C@@H](O)C(CCC#C[Si](C)(C)C)C(=O)C(C)(C)[C@@H]1CCOC(C)(C)O1)O[Si](c1ccccc1)(c1ccccc1)C(C)(C)C. The third-order valence-electron chi connectivity index (χ3n) is 10.1. The van der Waals surface area contributed by atoms with E-state index in [-0.39, 0.29) is 36.4 Å². The van der Waals surface area contributed by atoms with Crippen molar-refractivity contribution in [2.75, 3.05) is 6.61 Å². The number of carbonyl (C=O) groups is 1. The zero-order valence-electron chi connectivity index (χ0n) is 32.7. The molecule has 2 unspecified atom stereocenters. The van der Waals surface area contributed by atoms with Crippen LogP contribution in [0.15, 0.2) is 60.7 Å². The van der Waals surface area contributed by atoms with E-state index in [1.807, 2.05) is 27.7 Å². The number of aliphatic hydroxyl groups excluding tert-OH is 1. The third-order valence-corrected chi connectivity index (χ3v) is 16.2. The van der Waals surface area contributed by atoms with Crippen LogP contribution in [0, 0.1) is 28.7 Å². The highest BCUT2D eigenvalue weighted by Crippen LogP contribution is 2.40. The lowest BCUT2D eigenvalue weighted by Crippen LogP contribution is -2.67. The zero-order valence-corrected chi connectivity index (χ0v) is 34.7. The summed E-state index contributed by atoms with van der Waals surface area (Å²) >= 11 is 0. The molecule has 2 aromatic rings. The second kappa shape index (κ2) is 18.1. The fraction of sp³-hybridized carbons (Fsp3) is 0.651. The second-order valence-electron chi connectivity index (χ2n) is 17.4. The fourth-order valence-electron chi connectivity index (χ4n) is 7.35. The first-order valence-electron chi connectivity index (χ1n) is 18.5. The molecule has 1 heterocycles. The lowest BCUT2D eigenvalue weighted by Gasteiger charge is -2.45. The maximum atomic E-state index is 14.4. The predicted molar refractivity (Wildman–Crippen MR) is 216 cm³/mol. The molecule has 1 saturated heterocycles. The van der Waals surface area contributed by atoms with E-state index < -0.39 is 39.6 Å². The van der Waals surface area contributed by atoms with Crippen molar-refractivity contribution in [1.29, 1.82) is 0 Å². The molecule has 0 aromatic heterocycles. The Kier molecular flexibility index (Phi) is 16.0. The van der Waals surface area contributed by atoms with Gasteiger partial charge in [0, 0.05) is 18.4 Å². The van der Waals surface area contributed by atoms with Gasteiger partial charge in [0.15, 0.2) is 5.79 Å². The van der Waals surface area contributed by atoms with Crippen LogP contribution in [0.25, 0.3) is 0 Å². The quantitative estimate of drug-likeness (QED) is 0.147. The predicted octanol–water partition coefficient (Wildman–Crippen LogP) is 9.17. The van der Waals surface area contributed by atoms with Gasteiger partial charge in [-0.25, -0.2) is 0 Å². The number of rotatable bonds is 15. The Morgan fingerprint density at radius 1 is 0.940 bits per heavy atom. The van der Waals surface area contributed by atoms with Crippen LogP contribution in [0.3, 0.4) is 0 Å². The lowest BCUT2D eigenvalue weighted by atomic mass is 9.70. The van der Waals surface area contributed by atoms with Gasteiger partial charge in [0.2, 0.25) is 0 Å². The Labute approximate surface area is 308 Å². The van der Waals surface area contributed by atoms with Crippen LogP contribution < -0.4 is 10.4 Å². The minimum atomic E-state index is -2.65. The summed E-state index contributed by atoms with van der Waals surface area (Å²) in [4.78, 5) is 14.4. The molecular weight excluding hydrogens is 653 g/mol. The van der Waals surface area contributed by atoms with Crippen molar-refractivity contribution in [3.63, 3.8) is 0 Å². The first-order chi connectivity index (χ1) is 22.7. The molecule has 3 rings (SSSR count). The lowest BCUT2D eigenvalue weighted by molar-refractivity contribution is -0.289. The van der Waals surface area contributed by atoms with Crippen LogP contribution in [-0.4, -0.2) is 58.0 Å². The summed E-state index contributed by atoms with van der Waals surface area (Å²) in [6, 6.07) is 21.5. The van der Waals surface area contributed by atoms with Crippen LogP contribution in [-0.2, 0) is 18.7 Å². The average molecular weight is 723 g/mol. The van der Waals surface area contributed by atoms with E-state index in [1.54, 1.807) is 0 Å². The highest BCUT2D eigenvalue weighted by molar-refractivity contribution is 6.99. The van der Waals surface area contributed by atoms with Gasteiger partial charge in [0.1, 0.15) is 13.9 Å². The van der Waals surface area contributed by atoms with E-state index in [9.17, 15) is 9.90 Å². The molecule has 5 nitrogen and oxygen atoms in total. The van der Waals surface area contributed by atoms with Crippen LogP contribution in [0.4, 0.5) is 0 Å². The molecule has 1 fully saturated rings. The van der Waals surface area contributed by atoms with Crippen molar-refractivity contribution >= 4 is 32.5 Å². The number of ketones is 1. The van der Waals surface area contributed by atoms with E-state index in [1.165, 1.54) is 10.4 Å². The number of Topliss-reactive ketones (excluding diaryl/α,β-unsaturated/α-hetero) is 1. The molecule has 1 N–H and O–H groups in total. The number of ether oxygens (including phenoxy) is 2. The van der Waals surface area contributed by atoms with E-state index in [0.717, 1.165) is 19.3 Å². The smallest absolute Gasteiger partial charge is 0.261 e. The summed E-state index contributed by atoms with van der Waals surface area (Å²) in [6.45, 7) is 26.2. The fourth-order valence-corrected chi connectivity index (χ4v) is 12.7. The van der Waals surface area contributed by atoms with Crippen LogP contribution >= 0.6 is 0 Å². The van der Waals surface area contributed by atoms with Crippen LogP contribution in [0.5, 0.6) is 0 Å². The van der Waals surface area contributed by atoms with Crippen LogP contribution in [0.1, 0.15) is 108 Å². The largest absolute Gasteiger partial charge is 0.405 e. The van der Waals surface area contributed by atoms with Crippen molar-refractivity contribution in [1.82, 2.24) is 0 Å². The van der Waals surface area contributed by atoms with Gasteiger partial charge in [-0.3, -0.25) is 4.79 Å². The molecule has 1 aliphatic rings. The first-order valence-corrected chi connectivity index (χ1v) is 23.9. The van der Waals surface area contributed by atoms with Gasteiger partial charge in [-0.2, -0.15) is 0 Å². The molecule has 0 aliphatic carbocycles. The maximum Gasteiger partial charge on any atom is 0.261 e. The van der Waals surface area contributed by atoms with Crippen molar-refractivity contribution in [2.24, 2.45) is 17.3 Å². The van der Waals surface area contributed by atoms with Crippen molar-refractivity contribution in [3.8, 4) is 11.5 Å². The maximum absolute atomic E-state index is 14.4. The highest BCUT2D eigenvalue weighted by atomic mass is 28.4. The molecule has 7 heteroatoms. The van der Waals surface area contributed by atoms with Crippen molar-refractivity contribution in [3.05, 3.63) is 60.7 Å². The number of hydrogen-bond donors (Lipinski definition) is 1. The van der Waals surface area contributed by atoms with E-state index in [4.69, 9.17) is 13.9 Å². The molecule has 5 atom stereocenters. The molecule has 0 saturated carbocycles. The molecule has 280 valence electrons. The minimum Gasteiger partial charge on any atom is -0.405 e. The normalized spacial score (nSPS) is 19.3. The molecule has 50 heavy (non-hydrogen) atoms. The summed E-state index contributed by atoms with van der Waals surface area (Å²) in [5, 5.41) is 14.3. The van der Waals surface area contributed by atoms with Gasteiger partial charge >= 0.3 is 0 Å². The van der Waals surface area contributed by atoms with E-state index >= 15 is 0 Å². The number of aliphatic hydroxyl groups is 1. The topological polar surface area (TPSA) is 65.0 Å². The monoisotopic (exact) mass is 722 g/mol. The van der Waals surface area contributed by atoms with E-state index in [2.05, 4.69) is 126 Å². The standard InChI is InChI=1S/C42H66O5Si2.CH4/c1-32(22-21-23-33(2)47-49(40(3,4)5,34-24-15-13-16-25-34)35-26-17-14-18-27-35)38(43)36(28-19-20-31-48(10,11)12)39(44)41(6,7)37-29-30-45-42(8,9)46-37;/h13-18,24-27,32-33,36-38,43H,19,21-23,28-30H2,1-12H3;1H4/t32-,33?,36?,37-,38+;/m0./s1. The Morgan fingerprint density at radius 2 is 1.48 bits per heavy atom. The molecular formula is C43H70O5Si2. The van der Waals surface area contributed by atoms with Gasteiger partial charge in [0.05, 0.1) is 24.2 Å². The Morgan fingerprint density at radius 3 is 1.96 bits per heavy atom. The second-order valence-corrected chi connectivity index (χ2v) is 26.4. The molecule has 0 spiro atoms. The van der Waals surface area contributed by atoms with Crippen molar-refractivity contribution in [2.45, 2.75) is 157 Å². The average Bonchev–Trinajstić information content (AvgIpc) is 3.02. The number of benzene rings is 2. The summed E-state index contributed by atoms with van der Waals surface area (Å²) in [5.41, 5.74) is 2.67. The van der Waals surface area contributed by atoms with Gasteiger partial charge in [-0.1, -0.05) is 136 Å². The highest BCUT2D eigenvalue weighted by Gasteiger charge is 2.51. The summed E-state index contributed by atoms with van der Waals surface area (Å²) in [7, 11) is -4.19. The minimum absolute atomic E-state index is 0. The molecule has 0 bridgehead atoms. The number of hydrogen-bond acceptors (Lipinski definition) is 5. The molecule has 1 aliphatic heterocycles. The van der Waals surface area contributed by atoms with Gasteiger partial charge < -0.3 is 19.0 Å². The molecule has 0 radical (unpaired) electrons.